The SMILES string of the molecule is O=C(C[C@H](CF)[C@H](O)c1ccc(-c2ccc(CCc3nnco3)nc2)cc1)C(F)F. The van der Waals surface area contributed by atoms with Gasteiger partial charge in [0.15, 0.2) is 5.78 Å². The lowest BCUT2D eigenvalue weighted by Gasteiger charge is -2.20. The zero-order valence-corrected chi connectivity index (χ0v) is 15.9. The summed E-state index contributed by atoms with van der Waals surface area (Å²) < 4.78 is 43.1. The molecule has 0 amide bonds. The largest absolute Gasteiger partial charge is 0.428 e. The minimum Gasteiger partial charge on any atom is -0.428 e. The lowest BCUT2D eigenvalue weighted by atomic mass is 9.91. The van der Waals surface area contributed by atoms with Crippen LogP contribution in [0.15, 0.2) is 53.4 Å². The number of hydrogen-bond donors (Lipinski definition) is 1. The molecule has 158 valence electrons. The van der Waals surface area contributed by atoms with Gasteiger partial charge in [-0.1, -0.05) is 30.3 Å². The Bertz CT molecular complexity index is 932. The molecule has 0 saturated heterocycles. The topological polar surface area (TPSA) is 89.1 Å². The van der Waals surface area contributed by atoms with E-state index in [0.29, 0.717) is 24.3 Å². The molecular weight excluding hydrogens is 399 g/mol. The van der Waals surface area contributed by atoms with Gasteiger partial charge in [0.1, 0.15) is 0 Å². The van der Waals surface area contributed by atoms with Crippen molar-refractivity contribution in [2.45, 2.75) is 31.8 Å². The minimum absolute atomic E-state index is 0.354. The van der Waals surface area contributed by atoms with Crippen molar-refractivity contribution in [2.75, 3.05) is 6.67 Å². The van der Waals surface area contributed by atoms with Crippen molar-refractivity contribution in [3.8, 4) is 11.1 Å². The fourth-order valence-corrected chi connectivity index (χ4v) is 3.03. The number of Topliss-reactive ketones (excluding diaryl/α,β-unsaturated/α-hetero) is 1. The van der Waals surface area contributed by atoms with Gasteiger partial charge < -0.3 is 9.52 Å². The highest BCUT2D eigenvalue weighted by molar-refractivity contribution is 5.81. The molecular formula is C21H20F3N3O3. The van der Waals surface area contributed by atoms with Gasteiger partial charge in [-0.25, -0.2) is 8.78 Å². The number of pyridine rings is 1. The van der Waals surface area contributed by atoms with E-state index in [2.05, 4.69) is 15.2 Å². The molecule has 1 aromatic carbocycles. The van der Waals surface area contributed by atoms with E-state index in [1.807, 2.05) is 12.1 Å². The highest BCUT2D eigenvalue weighted by atomic mass is 19.3. The standard InChI is InChI=1S/C21H20F3N3O3/c22-10-16(9-18(28)21(23)24)20(29)14-3-1-13(2-4-14)15-5-6-17(25-11-15)7-8-19-27-26-12-30-19/h1-6,11-12,16,20-21,29H,7-10H2/t16-,20-/m1/s1. The van der Waals surface area contributed by atoms with Crippen LogP contribution in [0.5, 0.6) is 0 Å². The van der Waals surface area contributed by atoms with E-state index in [0.717, 1.165) is 16.8 Å². The molecule has 0 saturated carbocycles. The van der Waals surface area contributed by atoms with Gasteiger partial charge in [0.05, 0.1) is 12.8 Å². The lowest BCUT2D eigenvalue weighted by molar-refractivity contribution is -0.131. The van der Waals surface area contributed by atoms with Crippen molar-refractivity contribution >= 4 is 5.78 Å². The van der Waals surface area contributed by atoms with E-state index >= 15 is 0 Å². The van der Waals surface area contributed by atoms with Crippen LogP contribution in [-0.2, 0) is 17.6 Å². The Labute approximate surface area is 170 Å². The first-order valence-electron chi connectivity index (χ1n) is 9.33. The molecule has 0 aliphatic carbocycles. The third-order valence-electron chi connectivity index (χ3n) is 4.76. The van der Waals surface area contributed by atoms with Crippen LogP contribution in [0.4, 0.5) is 13.2 Å². The summed E-state index contributed by atoms with van der Waals surface area (Å²) in [5, 5.41) is 17.7. The number of rotatable bonds is 10. The predicted molar refractivity (Wildman–Crippen MR) is 101 cm³/mol. The summed E-state index contributed by atoms with van der Waals surface area (Å²) in [7, 11) is 0. The molecule has 3 rings (SSSR count). The van der Waals surface area contributed by atoms with E-state index in [-0.39, 0.29) is 0 Å². The van der Waals surface area contributed by atoms with Crippen LogP contribution in [0.25, 0.3) is 11.1 Å². The van der Waals surface area contributed by atoms with Gasteiger partial charge in [-0.05, 0) is 23.6 Å². The quantitative estimate of drug-likeness (QED) is 0.538. The monoisotopic (exact) mass is 419 g/mol. The number of halogens is 3. The van der Waals surface area contributed by atoms with Crippen LogP contribution in [0.3, 0.4) is 0 Å². The average Bonchev–Trinajstić information content (AvgIpc) is 3.29. The Balaban J connectivity index is 1.63. The van der Waals surface area contributed by atoms with Crippen molar-refractivity contribution in [3.63, 3.8) is 0 Å². The fraction of sp³-hybridized carbons (Fsp3) is 0.333. The van der Waals surface area contributed by atoms with E-state index in [4.69, 9.17) is 4.42 Å². The van der Waals surface area contributed by atoms with Crippen LogP contribution in [0, 0.1) is 5.92 Å². The molecule has 2 heterocycles. The Kier molecular flexibility index (Phi) is 7.29. The number of aliphatic hydroxyl groups excluding tert-OH is 1. The van der Waals surface area contributed by atoms with Gasteiger partial charge in [-0.2, -0.15) is 0 Å². The van der Waals surface area contributed by atoms with E-state index < -0.39 is 37.3 Å². The number of carbonyl (C=O) groups excluding carboxylic acids is 1. The summed E-state index contributed by atoms with van der Waals surface area (Å²) in [6.07, 6.45) is -1.02. The zero-order chi connectivity index (χ0) is 21.5. The van der Waals surface area contributed by atoms with Crippen LogP contribution in [0.2, 0.25) is 0 Å². The first kappa shape index (κ1) is 21.6. The van der Waals surface area contributed by atoms with Crippen LogP contribution >= 0.6 is 0 Å². The van der Waals surface area contributed by atoms with Gasteiger partial charge in [-0.3, -0.25) is 14.2 Å². The normalized spacial score (nSPS) is 13.4. The maximum atomic E-state index is 13.2. The summed E-state index contributed by atoms with van der Waals surface area (Å²) in [4.78, 5) is 15.6. The zero-order valence-electron chi connectivity index (χ0n) is 15.9. The summed E-state index contributed by atoms with van der Waals surface area (Å²) in [6.45, 7) is -1.07. The molecule has 9 heteroatoms. The van der Waals surface area contributed by atoms with Gasteiger partial charge in [0.25, 0.3) is 6.43 Å². The fourth-order valence-electron chi connectivity index (χ4n) is 3.03. The Morgan fingerprint density at radius 1 is 1.07 bits per heavy atom. The molecule has 0 aliphatic rings. The van der Waals surface area contributed by atoms with Gasteiger partial charge in [0, 0.05) is 36.2 Å². The maximum absolute atomic E-state index is 13.2. The number of aromatic nitrogens is 3. The average molecular weight is 419 g/mol. The summed E-state index contributed by atoms with van der Waals surface area (Å²) >= 11 is 0. The Morgan fingerprint density at radius 2 is 1.80 bits per heavy atom. The van der Waals surface area contributed by atoms with Crippen molar-refractivity contribution in [3.05, 3.63) is 66.1 Å². The van der Waals surface area contributed by atoms with E-state index in [9.17, 15) is 23.1 Å². The highest BCUT2D eigenvalue weighted by Gasteiger charge is 2.27. The van der Waals surface area contributed by atoms with E-state index in [1.54, 1.807) is 30.5 Å². The van der Waals surface area contributed by atoms with Crippen molar-refractivity contribution in [2.24, 2.45) is 5.92 Å². The molecule has 0 radical (unpaired) electrons. The second-order valence-electron chi connectivity index (χ2n) is 6.82. The number of ketones is 1. The van der Waals surface area contributed by atoms with Crippen molar-refractivity contribution < 1.29 is 27.5 Å². The molecule has 0 fully saturated rings. The molecule has 0 bridgehead atoms. The molecule has 30 heavy (non-hydrogen) atoms. The van der Waals surface area contributed by atoms with Crippen LogP contribution < -0.4 is 0 Å². The molecule has 6 nitrogen and oxygen atoms in total. The maximum Gasteiger partial charge on any atom is 0.295 e. The van der Waals surface area contributed by atoms with Crippen LogP contribution in [0.1, 0.15) is 29.7 Å². The second-order valence-corrected chi connectivity index (χ2v) is 6.82. The third kappa shape index (κ3) is 5.50. The summed E-state index contributed by atoms with van der Waals surface area (Å²) in [5.74, 6) is -2.05. The number of carbonyl (C=O) groups is 1. The highest BCUT2D eigenvalue weighted by Crippen LogP contribution is 2.28. The molecule has 1 N–H and O–H groups in total. The molecule has 0 unspecified atom stereocenters. The first-order chi connectivity index (χ1) is 14.5. The molecule has 2 aromatic heterocycles. The van der Waals surface area contributed by atoms with Gasteiger partial charge >= 0.3 is 0 Å². The summed E-state index contributed by atoms with van der Waals surface area (Å²) in [5.41, 5.74) is 2.88. The van der Waals surface area contributed by atoms with E-state index in [1.165, 1.54) is 6.39 Å². The molecule has 0 aliphatic heterocycles. The molecule has 3 aromatic rings. The second kappa shape index (κ2) is 10.1. The summed E-state index contributed by atoms with van der Waals surface area (Å²) in [6, 6.07) is 10.4. The smallest absolute Gasteiger partial charge is 0.295 e. The van der Waals surface area contributed by atoms with Crippen molar-refractivity contribution in [1.82, 2.24) is 15.2 Å². The molecule has 2 atom stereocenters. The minimum atomic E-state index is -3.17. The number of nitrogens with zero attached hydrogens (tertiary/aromatic N) is 3. The van der Waals surface area contributed by atoms with Gasteiger partial charge in [0.2, 0.25) is 12.3 Å². The van der Waals surface area contributed by atoms with Crippen molar-refractivity contribution in [1.29, 1.82) is 0 Å². The lowest BCUT2D eigenvalue weighted by Crippen LogP contribution is -2.22. The predicted octanol–water partition coefficient (Wildman–Crippen LogP) is 3.76. The Hall–Kier alpha value is -3.07. The van der Waals surface area contributed by atoms with Crippen LogP contribution in [-0.4, -0.2) is 39.2 Å². The first-order valence-corrected chi connectivity index (χ1v) is 9.33. The third-order valence-corrected chi connectivity index (χ3v) is 4.76. The molecule has 0 spiro atoms. The number of aryl methyl sites for hydroxylation is 2. The number of hydrogen-bond acceptors (Lipinski definition) is 6. The Morgan fingerprint density at radius 3 is 2.37 bits per heavy atom. The number of alkyl halides is 3. The van der Waals surface area contributed by atoms with Gasteiger partial charge in [-0.15, -0.1) is 10.2 Å². The number of benzene rings is 1. The number of aliphatic hydroxyl groups is 1.